The number of ether oxygens (including phenoxy) is 1. The zero-order valence-electron chi connectivity index (χ0n) is 10.5. The van der Waals surface area contributed by atoms with Gasteiger partial charge in [0.15, 0.2) is 0 Å². The van der Waals surface area contributed by atoms with Gasteiger partial charge in [0.1, 0.15) is 0 Å². The minimum atomic E-state index is -0.477. The Morgan fingerprint density at radius 2 is 2.47 bits per heavy atom. The molecule has 1 N–H and O–H groups in total. The summed E-state index contributed by atoms with van der Waals surface area (Å²) in [5.74, 6) is 0.681. The summed E-state index contributed by atoms with van der Waals surface area (Å²) in [6, 6.07) is 1.41. The Morgan fingerprint density at radius 3 is 3.16 bits per heavy atom. The lowest BCUT2D eigenvalue weighted by Crippen LogP contribution is -2.30. The normalized spacial score (nSPS) is 19.1. The summed E-state index contributed by atoms with van der Waals surface area (Å²) in [5, 5.41) is 14.2. The van der Waals surface area contributed by atoms with Crippen molar-refractivity contribution in [3.05, 3.63) is 26.9 Å². The van der Waals surface area contributed by atoms with E-state index in [0.29, 0.717) is 17.0 Å². The number of piperidine rings is 1. The number of pyridine rings is 1. The van der Waals surface area contributed by atoms with Gasteiger partial charge in [-0.1, -0.05) is 0 Å². The minimum absolute atomic E-state index is 0.0944. The molecule has 0 radical (unpaired) electrons. The lowest BCUT2D eigenvalue weighted by Gasteiger charge is -2.22. The van der Waals surface area contributed by atoms with Gasteiger partial charge in [0.2, 0.25) is 0 Å². The monoisotopic (exact) mass is 329 g/mol. The Hall–Kier alpha value is -1.21. The lowest BCUT2D eigenvalue weighted by atomic mass is 9.97. The standard InChI is InChI=1S/C12H16BrN3O3/c13-10-6-11(16(17)18)12(15-8-10)19-5-3-9-2-1-4-14-7-9/h6,8-9,14H,1-5,7H2. The highest BCUT2D eigenvalue weighted by Gasteiger charge is 2.18. The van der Waals surface area contributed by atoms with Crippen molar-refractivity contribution in [3.63, 3.8) is 0 Å². The molecule has 1 aromatic rings. The number of nitrogens with one attached hydrogen (secondary N) is 1. The van der Waals surface area contributed by atoms with E-state index in [2.05, 4.69) is 26.2 Å². The summed E-state index contributed by atoms with van der Waals surface area (Å²) in [4.78, 5) is 14.4. The molecule has 1 fully saturated rings. The van der Waals surface area contributed by atoms with Crippen molar-refractivity contribution in [2.75, 3.05) is 19.7 Å². The first-order valence-corrected chi connectivity index (χ1v) is 7.09. The predicted octanol–water partition coefficient (Wildman–Crippen LogP) is 2.52. The second-order valence-corrected chi connectivity index (χ2v) is 5.50. The average molecular weight is 330 g/mol. The first-order chi connectivity index (χ1) is 9.16. The molecule has 0 aliphatic carbocycles. The van der Waals surface area contributed by atoms with Gasteiger partial charge in [-0.15, -0.1) is 0 Å². The lowest BCUT2D eigenvalue weighted by molar-refractivity contribution is -0.386. The highest BCUT2D eigenvalue weighted by atomic mass is 79.9. The maximum Gasteiger partial charge on any atom is 0.332 e. The predicted molar refractivity (Wildman–Crippen MR) is 74.3 cm³/mol. The van der Waals surface area contributed by atoms with E-state index in [4.69, 9.17) is 4.74 Å². The van der Waals surface area contributed by atoms with Crippen LogP contribution in [0, 0.1) is 16.0 Å². The molecular weight excluding hydrogens is 314 g/mol. The van der Waals surface area contributed by atoms with Crippen molar-refractivity contribution in [2.45, 2.75) is 19.3 Å². The van der Waals surface area contributed by atoms with Gasteiger partial charge in [0.05, 0.1) is 11.5 Å². The number of rotatable bonds is 5. The summed E-state index contributed by atoms with van der Waals surface area (Å²) < 4.78 is 6.03. The Labute approximate surface area is 119 Å². The topological polar surface area (TPSA) is 77.3 Å². The second-order valence-electron chi connectivity index (χ2n) is 4.58. The number of halogens is 1. The van der Waals surface area contributed by atoms with Crippen LogP contribution < -0.4 is 10.1 Å². The van der Waals surface area contributed by atoms with Gasteiger partial charge in [-0.3, -0.25) is 10.1 Å². The van der Waals surface area contributed by atoms with E-state index in [-0.39, 0.29) is 11.6 Å². The van der Waals surface area contributed by atoms with Gasteiger partial charge in [0, 0.05) is 16.7 Å². The van der Waals surface area contributed by atoms with Crippen LogP contribution in [-0.4, -0.2) is 29.6 Å². The Morgan fingerprint density at radius 1 is 1.63 bits per heavy atom. The molecule has 6 nitrogen and oxygen atoms in total. The molecule has 0 amide bonds. The van der Waals surface area contributed by atoms with E-state index < -0.39 is 4.92 Å². The van der Waals surface area contributed by atoms with Crippen molar-refractivity contribution in [2.24, 2.45) is 5.92 Å². The zero-order chi connectivity index (χ0) is 13.7. The first kappa shape index (κ1) is 14.2. The van der Waals surface area contributed by atoms with Gasteiger partial charge in [-0.2, -0.15) is 0 Å². The quantitative estimate of drug-likeness (QED) is 0.663. The van der Waals surface area contributed by atoms with E-state index in [1.54, 1.807) is 0 Å². The second kappa shape index (κ2) is 6.81. The van der Waals surface area contributed by atoms with Crippen molar-refractivity contribution < 1.29 is 9.66 Å². The summed E-state index contributed by atoms with van der Waals surface area (Å²) in [6.45, 7) is 2.54. The highest BCUT2D eigenvalue weighted by Crippen LogP contribution is 2.27. The molecule has 1 atom stereocenters. The molecule has 0 bridgehead atoms. The minimum Gasteiger partial charge on any atom is -0.473 e. The summed E-state index contributed by atoms with van der Waals surface area (Å²) in [7, 11) is 0. The Balaban J connectivity index is 1.89. The fourth-order valence-corrected chi connectivity index (χ4v) is 2.47. The van der Waals surface area contributed by atoms with E-state index in [1.807, 2.05) is 0 Å². The van der Waals surface area contributed by atoms with E-state index in [9.17, 15) is 10.1 Å². The van der Waals surface area contributed by atoms with Crippen LogP contribution in [0.5, 0.6) is 5.88 Å². The maximum absolute atomic E-state index is 10.9. The summed E-state index contributed by atoms with van der Waals surface area (Å²) >= 11 is 3.16. The summed E-state index contributed by atoms with van der Waals surface area (Å²) in [5.41, 5.74) is -0.101. The van der Waals surface area contributed by atoms with Gasteiger partial charge in [0.25, 0.3) is 5.88 Å². The van der Waals surface area contributed by atoms with Gasteiger partial charge in [-0.25, -0.2) is 4.98 Å². The van der Waals surface area contributed by atoms with Crippen LogP contribution in [0.25, 0.3) is 0 Å². The van der Waals surface area contributed by atoms with Crippen molar-refractivity contribution >= 4 is 21.6 Å². The zero-order valence-corrected chi connectivity index (χ0v) is 12.1. The Kier molecular flexibility index (Phi) is 5.09. The van der Waals surface area contributed by atoms with Crippen LogP contribution in [0.2, 0.25) is 0 Å². The molecule has 1 aromatic heterocycles. The molecule has 7 heteroatoms. The molecular formula is C12H16BrN3O3. The van der Waals surface area contributed by atoms with Crippen molar-refractivity contribution in [1.82, 2.24) is 10.3 Å². The molecule has 0 aromatic carbocycles. The SMILES string of the molecule is O=[N+]([O-])c1cc(Br)cnc1OCCC1CCCNC1. The average Bonchev–Trinajstić information content (AvgIpc) is 2.41. The molecule has 0 spiro atoms. The molecule has 104 valence electrons. The number of aromatic nitrogens is 1. The Bertz CT molecular complexity index is 450. The van der Waals surface area contributed by atoms with Crippen LogP contribution in [-0.2, 0) is 0 Å². The van der Waals surface area contributed by atoms with Gasteiger partial charge >= 0.3 is 5.69 Å². The summed E-state index contributed by atoms with van der Waals surface area (Å²) in [6.07, 6.45) is 4.76. The molecule has 1 aliphatic heterocycles. The van der Waals surface area contributed by atoms with Crippen LogP contribution >= 0.6 is 15.9 Å². The van der Waals surface area contributed by atoms with Crippen molar-refractivity contribution in [3.8, 4) is 5.88 Å². The van der Waals surface area contributed by atoms with Crippen LogP contribution in [0.4, 0.5) is 5.69 Å². The number of hydrogen-bond acceptors (Lipinski definition) is 5. The fourth-order valence-electron chi connectivity index (χ4n) is 2.15. The molecule has 1 unspecified atom stereocenters. The van der Waals surface area contributed by atoms with E-state index in [0.717, 1.165) is 19.5 Å². The molecule has 2 rings (SSSR count). The van der Waals surface area contributed by atoms with Crippen molar-refractivity contribution in [1.29, 1.82) is 0 Å². The molecule has 2 heterocycles. The molecule has 1 saturated heterocycles. The number of hydrogen-bond donors (Lipinski definition) is 1. The smallest absolute Gasteiger partial charge is 0.332 e. The first-order valence-electron chi connectivity index (χ1n) is 6.30. The third kappa shape index (κ3) is 4.14. The number of nitro groups is 1. The number of nitrogens with zero attached hydrogens (tertiary/aromatic N) is 2. The van der Waals surface area contributed by atoms with E-state index in [1.165, 1.54) is 25.1 Å². The van der Waals surface area contributed by atoms with Crippen LogP contribution in [0.1, 0.15) is 19.3 Å². The molecule has 0 saturated carbocycles. The molecule has 19 heavy (non-hydrogen) atoms. The van der Waals surface area contributed by atoms with Gasteiger partial charge in [-0.05, 0) is 54.2 Å². The maximum atomic E-state index is 10.9. The highest BCUT2D eigenvalue weighted by molar-refractivity contribution is 9.10. The third-order valence-electron chi connectivity index (χ3n) is 3.16. The van der Waals surface area contributed by atoms with Crippen LogP contribution in [0.3, 0.4) is 0 Å². The third-order valence-corrected chi connectivity index (χ3v) is 3.59. The van der Waals surface area contributed by atoms with E-state index >= 15 is 0 Å². The fraction of sp³-hybridized carbons (Fsp3) is 0.583. The van der Waals surface area contributed by atoms with Gasteiger partial charge < -0.3 is 10.1 Å². The van der Waals surface area contributed by atoms with Crippen LogP contribution in [0.15, 0.2) is 16.7 Å². The largest absolute Gasteiger partial charge is 0.473 e. The molecule has 1 aliphatic rings.